The van der Waals surface area contributed by atoms with Crippen LogP contribution >= 0.6 is 12.2 Å². The number of benzene rings is 2. The van der Waals surface area contributed by atoms with Crippen LogP contribution in [0.1, 0.15) is 50.3 Å². The van der Waals surface area contributed by atoms with Crippen LogP contribution < -0.4 is 15.4 Å². The van der Waals surface area contributed by atoms with Crippen LogP contribution in [-0.4, -0.2) is 23.5 Å². The van der Waals surface area contributed by atoms with Gasteiger partial charge in [-0.05, 0) is 66.0 Å². The first kappa shape index (κ1) is 23.6. The van der Waals surface area contributed by atoms with Crippen LogP contribution in [0.4, 0.5) is 11.6 Å². The topological polar surface area (TPSA) is 96.0 Å². The molecule has 0 bridgehead atoms. The molecule has 2 aromatic carbocycles. The minimum absolute atomic E-state index is 0.0205. The highest BCUT2D eigenvalue weighted by Crippen LogP contribution is 2.21. The summed E-state index contributed by atoms with van der Waals surface area (Å²) in [4.78, 5) is 7.86. The van der Waals surface area contributed by atoms with E-state index in [-0.39, 0.29) is 16.9 Å². The fraction of sp³-hybridized carbons (Fsp3) is 0.261. The molecule has 0 fully saturated rings. The molecule has 32 heavy (non-hydrogen) atoms. The van der Waals surface area contributed by atoms with E-state index in [9.17, 15) is 8.42 Å². The van der Waals surface area contributed by atoms with Gasteiger partial charge in [0.25, 0.3) is 10.0 Å². The van der Waals surface area contributed by atoms with Gasteiger partial charge in [0.2, 0.25) is 5.95 Å². The van der Waals surface area contributed by atoms with E-state index in [1.807, 2.05) is 0 Å². The molecule has 0 spiro atoms. The lowest BCUT2D eigenvalue weighted by atomic mass is 9.98. The van der Waals surface area contributed by atoms with Crippen molar-refractivity contribution in [1.29, 1.82) is 0 Å². The number of rotatable bonds is 8. The number of sulfonamides is 1. The summed E-state index contributed by atoms with van der Waals surface area (Å²) in [6, 6.07) is 16.5. The number of hydrogen-bond acceptors (Lipinski definition) is 5. The molecule has 0 aliphatic rings. The molecule has 3 N–H and O–H groups in total. The Morgan fingerprint density at radius 2 is 1.56 bits per heavy atom. The van der Waals surface area contributed by atoms with Crippen LogP contribution in [0, 0.1) is 0 Å². The van der Waals surface area contributed by atoms with Crippen molar-refractivity contribution in [2.45, 2.75) is 44.0 Å². The zero-order valence-corrected chi connectivity index (χ0v) is 19.9. The van der Waals surface area contributed by atoms with E-state index in [2.05, 4.69) is 70.4 Å². The summed E-state index contributed by atoms with van der Waals surface area (Å²) >= 11 is 5.47. The van der Waals surface area contributed by atoms with Crippen LogP contribution in [-0.2, 0) is 10.0 Å². The third kappa shape index (κ3) is 6.24. The van der Waals surface area contributed by atoms with Crippen molar-refractivity contribution in [3.63, 3.8) is 0 Å². The standard InChI is InChI=1S/C23H27N5O2S2/c1-4-21(18-8-6-17(7-9-18)16(2)3)27-23(31)26-19-10-12-20(13-11-19)32(29,30)28-22-24-14-5-15-25-22/h5-16,21H,4H2,1-3H3,(H,24,25,28)(H2,26,27,31). The molecule has 3 aromatic rings. The predicted molar refractivity (Wildman–Crippen MR) is 132 cm³/mol. The van der Waals surface area contributed by atoms with Gasteiger partial charge >= 0.3 is 0 Å². The van der Waals surface area contributed by atoms with Crippen molar-refractivity contribution in [3.8, 4) is 0 Å². The maximum absolute atomic E-state index is 12.5. The number of nitrogens with zero attached hydrogens (tertiary/aromatic N) is 2. The van der Waals surface area contributed by atoms with Crippen molar-refractivity contribution in [3.05, 3.63) is 78.1 Å². The zero-order valence-electron chi connectivity index (χ0n) is 18.2. The Hall–Kier alpha value is -3.04. The van der Waals surface area contributed by atoms with Crippen molar-refractivity contribution in [2.24, 2.45) is 0 Å². The summed E-state index contributed by atoms with van der Waals surface area (Å²) in [5.74, 6) is 0.508. The maximum Gasteiger partial charge on any atom is 0.264 e. The lowest BCUT2D eigenvalue weighted by Gasteiger charge is -2.21. The number of anilines is 2. The second-order valence-corrected chi connectivity index (χ2v) is 9.67. The molecule has 1 heterocycles. The summed E-state index contributed by atoms with van der Waals surface area (Å²) in [5.41, 5.74) is 3.15. The fourth-order valence-corrected chi connectivity index (χ4v) is 4.33. The first-order valence-electron chi connectivity index (χ1n) is 10.4. The molecule has 0 aliphatic carbocycles. The van der Waals surface area contributed by atoms with Crippen molar-refractivity contribution in [2.75, 3.05) is 10.0 Å². The Kier molecular flexibility index (Phi) is 7.76. The molecule has 1 atom stereocenters. The highest BCUT2D eigenvalue weighted by Gasteiger charge is 2.16. The fourth-order valence-electron chi connectivity index (χ4n) is 3.11. The summed E-state index contributed by atoms with van der Waals surface area (Å²) in [7, 11) is -3.78. The minimum Gasteiger partial charge on any atom is -0.356 e. The van der Waals surface area contributed by atoms with Gasteiger partial charge in [0.05, 0.1) is 10.9 Å². The van der Waals surface area contributed by atoms with Crippen LogP contribution in [0.3, 0.4) is 0 Å². The van der Waals surface area contributed by atoms with Gasteiger partial charge in [-0.25, -0.2) is 23.1 Å². The lowest BCUT2D eigenvalue weighted by molar-refractivity contribution is 0.601. The molecule has 1 aromatic heterocycles. The average molecular weight is 470 g/mol. The van der Waals surface area contributed by atoms with E-state index in [0.717, 1.165) is 12.0 Å². The summed E-state index contributed by atoms with van der Waals surface area (Å²) in [5, 5.41) is 6.91. The van der Waals surface area contributed by atoms with Crippen LogP contribution in [0.2, 0.25) is 0 Å². The minimum atomic E-state index is -3.78. The van der Waals surface area contributed by atoms with Crippen LogP contribution in [0.15, 0.2) is 71.9 Å². The van der Waals surface area contributed by atoms with E-state index in [4.69, 9.17) is 12.2 Å². The predicted octanol–water partition coefficient (Wildman–Crippen LogP) is 4.84. The molecule has 168 valence electrons. The summed E-state index contributed by atoms with van der Waals surface area (Å²) < 4.78 is 27.3. The van der Waals surface area contributed by atoms with Crippen LogP contribution in [0.25, 0.3) is 0 Å². The van der Waals surface area contributed by atoms with Gasteiger partial charge < -0.3 is 10.6 Å². The van der Waals surface area contributed by atoms with Gasteiger partial charge in [0.1, 0.15) is 0 Å². The highest BCUT2D eigenvalue weighted by atomic mass is 32.2. The van der Waals surface area contributed by atoms with E-state index in [0.29, 0.717) is 16.7 Å². The summed E-state index contributed by atoms with van der Waals surface area (Å²) in [6.45, 7) is 6.44. The molecule has 0 saturated heterocycles. The smallest absolute Gasteiger partial charge is 0.264 e. The number of hydrogen-bond donors (Lipinski definition) is 3. The van der Waals surface area contributed by atoms with Crippen molar-refractivity contribution >= 4 is 39.0 Å². The Labute approximate surface area is 194 Å². The molecule has 0 radical (unpaired) electrons. The average Bonchev–Trinajstić information content (AvgIpc) is 2.78. The third-order valence-corrected chi connectivity index (χ3v) is 6.50. The Morgan fingerprint density at radius 1 is 0.969 bits per heavy atom. The molecule has 1 unspecified atom stereocenters. The second-order valence-electron chi connectivity index (χ2n) is 7.58. The van der Waals surface area contributed by atoms with Crippen LogP contribution in [0.5, 0.6) is 0 Å². The first-order chi connectivity index (χ1) is 15.3. The van der Waals surface area contributed by atoms with Crippen molar-refractivity contribution in [1.82, 2.24) is 15.3 Å². The molecule has 0 saturated carbocycles. The zero-order chi connectivity index (χ0) is 23.1. The van der Waals surface area contributed by atoms with Gasteiger partial charge in [0, 0.05) is 18.1 Å². The highest BCUT2D eigenvalue weighted by molar-refractivity contribution is 7.92. The van der Waals surface area contributed by atoms with E-state index < -0.39 is 10.0 Å². The van der Waals surface area contributed by atoms with E-state index in [1.54, 1.807) is 18.2 Å². The SMILES string of the molecule is CCC(NC(=S)Nc1ccc(S(=O)(=O)Nc2ncccn2)cc1)c1ccc(C(C)C)cc1. The molecule has 7 nitrogen and oxygen atoms in total. The molecular formula is C23H27N5O2S2. The largest absolute Gasteiger partial charge is 0.356 e. The molecule has 0 amide bonds. The molecule has 9 heteroatoms. The lowest BCUT2D eigenvalue weighted by Crippen LogP contribution is -2.32. The van der Waals surface area contributed by atoms with Gasteiger partial charge in [-0.1, -0.05) is 45.0 Å². The molecule has 0 aliphatic heterocycles. The monoisotopic (exact) mass is 469 g/mol. The maximum atomic E-state index is 12.5. The number of thiocarbonyl (C=S) groups is 1. The Morgan fingerprint density at radius 3 is 2.12 bits per heavy atom. The normalized spacial score (nSPS) is 12.2. The molecule has 3 rings (SSSR count). The van der Waals surface area contributed by atoms with Gasteiger partial charge in [-0.2, -0.15) is 0 Å². The van der Waals surface area contributed by atoms with Crippen molar-refractivity contribution < 1.29 is 8.42 Å². The third-order valence-electron chi connectivity index (χ3n) is 4.93. The number of nitrogens with one attached hydrogen (secondary N) is 3. The second kappa shape index (κ2) is 10.5. The van der Waals surface area contributed by atoms with Gasteiger partial charge in [-0.3, -0.25) is 0 Å². The Balaban J connectivity index is 1.62. The first-order valence-corrected chi connectivity index (χ1v) is 12.2. The van der Waals surface area contributed by atoms with E-state index in [1.165, 1.54) is 30.1 Å². The quantitative estimate of drug-likeness (QED) is 0.406. The van der Waals surface area contributed by atoms with E-state index >= 15 is 0 Å². The summed E-state index contributed by atoms with van der Waals surface area (Å²) in [6.07, 6.45) is 3.80. The number of aromatic nitrogens is 2. The Bertz CT molecular complexity index is 1130. The molecular weight excluding hydrogens is 442 g/mol. The van der Waals surface area contributed by atoms with Gasteiger partial charge in [-0.15, -0.1) is 0 Å². The van der Waals surface area contributed by atoms with Gasteiger partial charge in [0.15, 0.2) is 5.11 Å².